The van der Waals surface area contributed by atoms with Gasteiger partial charge in [-0.3, -0.25) is 15.0 Å². The van der Waals surface area contributed by atoms with Gasteiger partial charge in [-0.2, -0.15) is 0 Å². The highest BCUT2D eigenvalue weighted by molar-refractivity contribution is 7.09. The Labute approximate surface area is 121 Å². The number of aromatic nitrogens is 1. The molecule has 0 bridgehead atoms. The summed E-state index contributed by atoms with van der Waals surface area (Å²) in [5, 5.41) is 10.9. The molecule has 6 nitrogen and oxygen atoms in total. The van der Waals surface area contributed by atoms with Crippen molar-refractivity contribution >= 4 is 22.7 Å². The zero-order valence-corrected chi connectivity index (χ0v) is 12.2. The molecule has 0 saturated carbocycles. The predicted octanol–water partition coefficient (Wildman–Crippen LogP) is 2.57. The molecule has 106 valence electrons. The van der Waals surface area contributed by atoms with Crippen LogP contribution in [-0.2, 0) is 13.1 Å². The molecule has 0 aliphatic heterocycles. The number of nitrogens with zero attached hydrogens (tertiary/aromatic N) is 3. The van der Waals surface area contributed by atoms with Gasteiger partial charge in [0.15, 0.2) is 0 Å². The van der Waals surface area contributed by atoms with E-state index < -0.39 is 4.92 Å². The maximum atomic E-state index is 10.9. The third-order valence-electron chi connectivity index (χ3n) is 3.07. The van der Waals surface area contributed by atoms with Crippen LogP contribution in [0.15, 0.2) is 23.7 Å². The van der Waals surface area contributed by atoms with E-state index in [-0.39, 0.29) is 11.4 Å². The van der Waals surface area contributed by atoms with Crippen LogP contribution in [0, 0.1) is 17.0 Å². The van der Waals surface area contributed by atoms with Gasteiger partial charge in [-0.25, -0.2) is 4.98 Å². The molecule has 0 unspecified atom stereocenters. The van der Waals surface area contributed by atoms with E-state index in [0.29, 0.717) is 6.54 Å². The lowest BCUT2D eigenvalue weighted by Gasteiger charge is -2.17. The number of nitrogen functional groups attached to an aromatic ring is 1. The molecule has 1 aromatic carbocycles. The van der Waals surface area contributed by atoms with Gasteiger partial charge in [0.25, 0.3) is 5.69 Å². The number of anilines is 1. The first-order chi connectivity index (χ1) is 9.49. The largest absolute Gasteiger partial charge is 0.393 e. The Kier molecular flexibility index (Phi) is 4.31. The van der Waals surface area contributed by atoms with E-state index in [2.05, 4.69) is 9.88 Å². The van der Waals surface area contributed by atoms with Gasteiger partial charge in [0.05, 0.1) is 16.1 Å². The Hall–Kier alpha value is -1.99. The molecule has 20 heavy (non-hydrogen) atoms. The minimum atomic E-state index is -0.452. The molecule has 0 atom stereocenters. The Bertz CT molecular complexity index is 627. The number of benzene rings is 1. The predicted molar refractivity (Wildman–Crippen MR) is 79.5 cm³/mol. The van der Waals surface area contributed by atoms with Gasteiger partial charge in [0.1, 0.15) is 5.69 Å². The van der Waals surface area contributed by atoms with E-state index in [1.54, 1.807) is 17.4 Å². The first kappa shape index (κ1) is 14.4. The summed E-state index contributed by atoms with van der Waals surface area (Å²) in [6.07, 6.45) is 0. The SMILES string of the molecule is Cc1ncsc1CN(C)Cc1cccc([N+](=O)[O-])c1N. The van der Waals surface area contributed by atoms with Gasteiger partial charge in [-0.1, -0.05) is 12.1 Å². The van der Waals surface area contributed by atoms with Gasteiger partial charge in [0, 0.05) is 24.0 Å². The molecule has 0 spiro atoms. The highest BCUT2D eigenvalue weighted by Gasteiger charge is 2.15. The van der Waals surface area contributed by atoms with Crippen LogP contribution in [0.1, 0.15) is 16.1 Å². The average Bonchev–Trinajstić information content (AvgIpc) is 2.77. The summed E-state index contributed by atoms with van der Waals surface area (Å²) >= 11 is 1.61. The number of hydrogen-bond acceptors (Lipinski definition) is 6. The third kappa shape index (κ3) is 3.12. The minimum Gasteiger partial charge on any atom is -0.393 e. The van der Waals surface area contributed by atoms with Crippen LogP contribution in [0.3, 0.4) is 0 Å². The molecule has 2 N–H and O–H groups in total. The normalized spacial score (nSPS) is 10.9. The number of hydrogen-bond donors (Lipinski definition) is 1. The highest BCUT2D eigenvalue weighted by atomic mass is 32.1. The van der Waals surface area contributed by atoms with Crippen molar-refractivity contribution in [2.24, 2.45) is 0 Å². The van der Waals surface area contributed by atoms with Crippen LogP contribution >= 0.6 is 11.3 Å². The smallest absolute Gasteiger partial charge is 0.292 e. The van der Waals surface area contributed by atoms with Gasteiger partial charge in [-0.15, -0.1) is 11.3 Å². The zero-order valence-electron chi connectivity index (χ0n) is 11.4. The fraction of sp³-hybridized carbons (Fsp3) is 0.308. The standard InChI is InChI=1S/C13H16N4O2S/c1-9-12(20-8-15-9)7-16(2)6-10-4-3-5-11(13(10)14)17(18)19/h3-5,8H,6-7,14H2,1-2H3. The number of para-hydroxylation sites is 1. The molecule has 7 heteroatoms. The van der Waals surface area contributed by atoms with Crippen LogP contribution in [0.25, 0.3) is 0 Å². The van der Waals surface area contributed by atoms with Crippen LogP contribution < -0.4 is 5.73 Å². The molecular formula is C13H16N4O2S. The second-order valence-electron chi connectivity index (χ2n) is 4.64. The lowest BCUT2D eigenvalue weighted by atomic mass is 10.1. The van der Waals surface area contributed by atoms with Gasteiger partial charge in [-0.05, 0) is 19.5 Å². The topological polar surface area (TPSA) is 85.3 Å². The number of aryl methyl sites for hydroxylation is 1. The Morgan fingerprint density at radius 1 is 1.45 bits per heavy atom. The molecule has 1 aromatic heterocycles. The van der Waals surface area contributed by atoms with E-state index in [9.17, 15) is 10.1 Å². The van der Waals surface area contributed by atoms with Gasteiger partial charge in [0.2, 0.25) is 0 Å². The van der Waals surface area contributed by atoms with E-state index in [1.165, 1.54) is 10.9 Å². The Balaban J connectivity index is 2.12. The Morgan fingerprint density at radius 2 is 2.20 bits per heavy atom. The van der Waals surface area contributed by atoms with Crippen molar-refractivity contribution < 1.29 is 4.92 Å². The molecule has 1 heterocycles. The van der Waals surface area contributed by atoms with Gasteiger partial charge < -0.3 is 5.73 Å². The van der Waals surface area contributed by atoms with E-state index in [4.69, 9.17) is 5.73 Å². The zero-order chi connectivity index (χ0) is 14.7. The van der Waals surface area contributed by atoms with E-state index in [0.717, 1.165) is 17.8 Å². The molecule has 0 radical (unpaired) electrons. The monoisotopic (exact) mass is 292 g/mol. The first-order valence-corrected chi connectivity index (χ1v) is 6.96. The van der Waals surface area contributed by atoms with Crippen LogP contribution in [0.2, 0.25) is 0 Å². The summed E-state index contributed by atoms with van der Waals surface area (Å²) in [5.74, 6) is 0. The lowest BCUT2D eigenvalue weighted by molar-refractivity contribution is -0.384. The molecule has 0 aliphatic carbocycles. The second-order valence-corrected chi connectivity index (χ2v) is 5.58. The fourth-order valence-electron chi connectivity index (χ4n) is 1.97. The Morgan fingerprint density at radius 3 is 2.80 bits per heavy atom. The van der Waals surface area contributed by atoms with Crippen LogP contribution in [0.5, 0.6) is 0 Å². The maximum Gasteiger partial charge on any atom is 0.292 e. The van der Waals surface area contributed by atoms with Crippen molar-refractivity contribution in [3.63, 3.8) is 0 Å². The van der Waals surface area contributed by atoms with Crippen molar-refractivity contribution in [3.05, 3.63) is 50.0 Å². The summed E-state index contributed by atoms with van der Waals surface area (Å²) in [6.45, 7) is 3.28. The quantitative estimate of drug-likeness (QED) is 0.520. The number of thiazole rings is 1. The molecule has 2 aromatic rings. The molecule has 0 aliphatic rings. The van der Waals surface area contributed by atoms with Crippen molar-refractivity contribution in [1.82, 2.24) is 9.88 Å². The van der Waals surface area contributed by atoms with E-state index >= 15 is 0 Å². The number of rotatable bonds is 5. The third-order valence-corrected chi connectivity index (χ3v) is 3.99. The summed E-state index contributed by atoms with van der Waals surface area (Å²) in [5.41, 5.74) is 9.67. The minimum absolute atomic E-state index is 0.0372. The van der Waals surface area contributed by atoms with E-state index in [1.807, 2.05) is 25.5 Å². The second kappa shape index (κ2) is 5.98. The maximum absolute atomic E-state index is 10.9. The molecule has 0 amide bonds. The molecule has 0 fully saturated rings. The van der Waals surface area contributed by atoms with Crippen molar-refractivity contribution in [2.75, 3.05) is 12.8 Å². The lowest BCUT2D eigenvalue weighted by Crippen LogP contribution is -2.18. The van der Waals surface area contributed by atoms with Gasteiger partial charge >= 0.3 is 0 Å². The van der Waals surface area contributed by atoms with Crippen molar-refractivity contribution in [1.29, 1.82) is 0 Å². The van der Waals surface area contributed by atoms with Crippen LogP contribution in [-0.4, -0.2) is 21.9 Å². The molecule has 0 saturated heterocycles. The van der Waals surface area contributed by atoms with Crippen LogP contribution in [0.4, 0.5) is 11.4 Å². The number of nitrogens with two attached hydrogens (primary N) is 1. The summed E-state index contributed by atoms with van der Waals surface area (Å²) < 4.78 is 0. The summed E-state index contributed by atoms with van der Waals surface area (Å²) in [6, 6.07) is 4.90. The van der Waals surface area contributed by atoms with Crippen molar-refractivity contribution in [3.8, 4) is 0 Å². The fourth-order valence-corrected chi connectivity index (χ4v) is 2.82. The van der Waals surface area contributed by atoms with Crippen molar-refractivity contribution in [2.45, 2.75) is 20.0 Å². The molecular weight excluding hydrogens is 276 g/mol. The first-order valence-electron chi connectivity index (χ1n) is 6.08. The molecule has 2 rings (SSSR count). The number of nitro groups is 1. The average molecular weight is 292 g/mol. The summed E-state index contributed by atoms with van der Waals surface area (Å²) in [7, 11) is 1.96. The number of nitro benzene ring substituents is 1. The highest BCUT2D eigenvalue weighted by Crippen LogP contribution is 2.26. The summed E-state index contributed by atoms with van der Waals surface area (Å²) in [4.78, 5) is 17.9.